The van der Waals surface area contributed by atoms with Gasteiger partial charge in [-0.1, -0.05) is 18.2 Å². The fourth-order valence-corrected chi connectivity index (χ4v) is 2.34. The highest BCUT2D eigenvalue weighted by Crippen LogP contribution is 2.32. The van der Waals surface area contributed by atoms with Gasteiger partial charge in [0.2, 0.25) is 0 Å². The van der Waals surface area contributed by atoms with Crippen LogP contribution in [0.15, 0.2) is 47.4 Å². The van der Waals surface area contributed by atoms with Crippen molar-refractivity contribution in [3.8, 4) is 0 Å². The third-order valence-electron chi connectivity index (χ3n) is 3.21. The lowest BCUT2D eigenvalue weighted by atomic mass is 10.1. The van der Waals surface area contributed by atoms with Crippen LogP contribution in [0.4, 0.5) is 18.9 Å². The Morgan fingerprint density at radius 3 is 2.29 bits per heavy atom. The lowest BCUT2D eigenvalue weighted by Crippen LogP contribution is -2.07. The van der Waals surface area contributed by atoms with Gasteiger partial charge in [0, 0.05) is 17.1 Å². The van der Waals surface area contributed by atoms with Crippen LogP contribution in [0.25, 0.3) is 0 Å². The van der Waals surface area contributed by atoms with E-state index in [1.54, 1.807) is 18.7 Å². The van der Waals surface area contributed by atoms with E-state index in [0.717, 1.165) is 28.2 Å². The summed E-state index contributed by atoms with van der Waals surface area (Å²) in [6.45, 7) is 2.29. The van der Waals surface area contributed by atoms with Crippen molar-refractivity contribution in [1.29, 1.82) is 0 Å². The summed E-state index contributed by atoms with van der Waals surface area (Å²) in [6, 6.07) is 11.7. The topological polar surface area (TPSA) is 12.0 Å². The number of halogens is 3. The van der Waals surface area contributed by atoms with Crippen LogP contribution >= 0.6 is 11.8 Å². The summed E-state index contributed by atoms with van der Waals surface area (Å²) in [5.41, 5.74) is 1.71. The van der Waals surface area contributed by atoms with Crippen LogP contribution in [-0.2, 0) is 12.7 Å². The second kappa shape index (κ2) is 6.43. The van der Waals surface area contributed by atoms with Crippen LogP contribution in [0, 0.1) is 6.92 Å². The van der Waals surface area contributed by atoms with Gasteiger partial charge in [-0.05, 0) is 48.6 Å². The summed E-state index contributed by atoms with van der Waals surface area (Å²) in [5, 5.41) is 3.07. The average molecular weight is 311 g/mol. The standard InChI is InChI=1S/C16H16F3NS/c1-11-3-6-13(16(17,18)19)9-15(11)20-10-12-4-7-14(21-2)8-5-12/h3-9,20H,10H2,1-2H3. The first kappa shape index (κ1) is 15.8. The number of hydrogen-bond donors (Lipinski definition) is 1. The zero-order valence-corrected chi connectivity index (χ0v) is 12.6. The predicted molar refractivity (Wildman–Crippen MR) is 81.7 cm³/mol. The Bertz CT molecular complexity index is 606. The Morgan fingerprint density at radius 1 is 1.05 bits per heavy atom. The Hall–Kier alpha value is -1.62. The highest BCUT2D eigenvalue weighted by Gasteiger charge is 2.30. The fourth-order valence-electron chi connectivity index (χ4n) is 1.93. The molecule has 1 nitrogen and oxygen atoms in total. The largest absolute Gasteiger partial charge is 0.416 e. The van der Waals surface area contributed by atoms with Crippen molar-refractivity contribution >= 4 is 17.4 Å². The van der Waals surface area contributed by atoms with Crippen LogP contribution in [0.5, 0.6) is 0 Å². The number of anilines is 1. The molecule has 0 bridgehead atoms. The quantitative estimate of drug-likeness (QED) is 0.764. The van der Waals surface area contributed by atoms with Crippen molar-refractivity contribution in [1.82, 2.24) is 0 Å². The molecule has 0 aliphatic rings. The highest BCUT2D eigenvalue weighted by atomic mass is 32.2. The number of aryl methyl sites for hydroxylation is 1. The second-order valence-corrected chi connectivity index (χ2v) is 5.61. The Balaban J connectivity index is 2.11. The molecule has 0 saturated carbocycles. The SMILES string of the molecule is CSc1ccc(CNc2cc(C(F)(F)F)ccc2C)cc1. The van der Waals surface area contributed by atoms with Gasteiger partial charge in [-0.15, -0.1) is 11.8 Å². The minimum atomic E-state index is -4.32. The normalized spacial score (nSPS) is 11.5. The third kappa shape index (κ3) is 4.17. The molecule has 0 radical (unpaired) electrons. The molecule has 2 rings (SSSR count). The van der Waals surface area contributed by atoms with E-state index in [-0.39, 0.29) is 0 Å². The highest BCUT2D eigenvalue weighted by molar-refractivity contribution is 7.98. The van der Waals surface area contributed by atoms with Gasteiger partial charge in [0.25, 0.3) is 0 Å². The fraction of sp³-hybridized carbons (Fsp3) is 0.250. The van der Waals surface area contributed by atoms with E-state index < -0.39 is 11.7 Å². The molecule has 2 aromatic rings. The summed E-state index contributed by atoms with van der Waals surface area (Å²) in [5.74, 6) is 0. The van der Waals surface area contributed by atoms with Crippen molar-refractivity contribution in [2.45, 2.75) is 24.5 Å². The first-order valence-corrected chi connectivity index (χ1v) is 7.67. The Morgan fingerprint density at radius 2 is 1.71 bits per heavy atom. The van der Waals surface area contributed by atoms with Gasteiger partial charge in [-0.3, -0.25) is 0 Å². The maximum atomic E-state index is 12.7. The van der Waals surface area contributed by atoms with Gasteiger partial charge in [0.15, 0.2) is 0 Å². The first-order valence-electron chi connectivity index (χ1n) is 6.45. The molecule has 1 N–H and O–H groups in total. The lowest BCUT2D eigenvalue weighted by Gasteiger charge is -2.13. The molecular weight excluding hydrogens is 295 g/mol. The van der Waals surface area contributed by atoms with Crippen LogP contribution in [-0.4, -0.2) is 6.26 Å². The Labute approximate surface area is 126 Å². The second-order valence-electron chi connectivity index (χ2n) is 4.73. The number of benzene rings is 2. The van der Waals surface area contributed by atoms with E-state index in [9.17, 15) is 13.2 Å². The third-order valence-corrected chi connectivity index (χ3v) is 3.95. The number of rotatable bonds is 4. The molecule has 0 aliphatic heterocycles. The molecule has 0 aromatic heterocycles. The van der Waals surface area contributed by atoms with Gasteiger partial charge in [0.05, 0.1) is 5.56 Å². The van der Waals surface area contributed by atoms with Crippen LogP contribution in [0.1, 0.15) is 16.7 Å². The molecule has 0 aliphatic carbocycles. The van der Waals surface area contributed by atoms with E-state index in [4.69, 9.17) is 0 Å². The number of hydrogen-bond acceptors (Lipinski definition) is 2. The van der Waals surface area contributed by atoms with Gasteiger partial charge < -0.3 is 5.32 Å². The molecule has 0 atom stereocenters. The smallest absolute Gasteiger partial charge is 0.381 e. The maximum absolute atomic E-state index is 12.7. The number of alkyl halides is 3. The number of thioether (sulfide) groups is 1. The summed E-state index contributed by atoms with van der Waals surface area (Å²) < 4.78 is 38.1. The maximum Gasteiger partial charge on any atom is 0.416 e. The van der Waals surface area contributed by atoms with E-state index in [1.165, 1.54) is 6.07 Å². The minimum Gasteiger partial charge on any atom is -0.381 e. The van der Waals surface area contributed by atoms with E-state index >= 15 is 0 Å². The first-order chi connectivity index (χ1) is 9.90. The molecule has 0 saturated heterocycles. The van der Waals surface area contributed by atoms with Crippen molar-refractivity contribution in [2.75, 3.05) is 11.6 Å². The van der Waals surface area contributed by atoms with Crippen LogP contribution < -0.4 is 5.32 Å². The average Bonchev–Trinajstić information content (AvgIpc) is 2.45. The molecule has 2 aromatic carbocycles. The summed E-state index contributed by atoms with van der Waals surface area (Å²) >= 11 is 1.65. The van der Waals surface area contributed by atoms with Gasteiger partial charge in [0.1, 0.15) is 0 Å². The van der Waals surface area contributed by atoms with Crippen LogP contribution in [0.2, 0.25) is 0 Å². The summed E-state index contributed by atoms with van der Waals surface area (Å²) in [4.78, 5) is 1.16. The summed E-state index contributed by atoms with van der Waals surface area (Å²) in [7, 11) is 0. The van der Waals surface area contributed by atoms with Crippen molar-refractivity contribution < 1.29 is 13.2 Å². The monoisotopic (exact) mass is 311 g/mol. The Kier molecular flexibility index (Phi) is 4.83. The minimum absolute atomic E-state index is 0.497. The van der Waals surface area contributed by atoms with Crippen molar-refractivity contribution in [3.05, 3.63) is 59.2 Å². The van der Waals surface area contributed by atoms with Gasteiger partial charge in [-0.25, -0.2) is 0 Å². The molecule has 112 valence electrons. The van der Waals surface area contributed by atoms with Gasteiger partial charge in [-0.2, -0.15) is 13.2 Å². The summed E-state index contributed by atoms with van der Waals surface area (Å²) in [6.07, 6.45) is -2.32. The van der Waals surface area contributed by atoms with E-state index in [1.807, 2.05) is 30.5 Å². The van der Waals surface area contributed by atoms with E-state index in [0.29, 0.717) is 12.2 Å². The lowest BCUT2D eigenvalue weighted by molar-refractivity contribution is -0.137. The van der Waals surface area contributed by atoms with Crippen LogP contribution in [0.3, 0.4) is 0 Å². The molecule has 0 fully saturated rings. The molecule has 0 heterocycles. The predicted octanol–water partition coefficient (Wildman–Crippen LogP) is 5.35. The van der Waals surface area contributed by atoms with E-state index in [2.05, 4.69) is 5.32 Å². The zero-order valence-electron chi connectivity index (χ0n) is 11.8. The molecule has 5 heteroatoms. The zero-order chi connectivity index (χ0) is 15.5. The molecule has 0 unspecified atom stereocenters. The molecule has 21 heavy (non-hydrogen) atoms. The molecular formula is C16H16F3NS. The van der Waals surface area contributed by atoms with Crippen molar-refractivity contribution in [3.63, 3.8) is 0 Å². The van der Waals surface area contributed by atoms with Gasteiger partial charge >= 0.3 is 6.18 Å². The number of nitrogens with one attached hydrogen (secondary N) is 1. The molecule has 0 amide bonds. The molecule has 0 spiro atoms. The van der Waals surface area contributed by atoms with Crippen molar-refractivity contribution in [2.24, 2.45) is 0 Å².